The normalized spacial score (nSPS) is 28.4. The van der Waals surface area contributed by atoms with E-state index in [2.05, 4.69) is 6.92 Å². The largest absolute Gasteiger partial charge is 0.321 e. The summed E-state index contributed by atoms with van der Waals surface area (Å²) in [6.07, 6.45) is 4.68. The van der Waals surface area contributed by atoms with Gasteiger partial charge in [0, 0.05) is 11.1 Å². The summed E-state index contributed by atoms with van der Waals surface area (Å²) in [5.74, 6) is -0.988. The smallest absolute Gasteiger partial charge is 0.164 e. The van der Waals surface area contributed by atoms with Gasteiger partial charge in [0.15, 0.2) is 11.6 Å². The lowest BCUT2D eigenvalue weighted by atomic mass is 9.71. The van der Waals surface area contributed by atoms with Crippen LogP contribution in [0.4, 0.5) is 8.78 Å². The van der Waals surface area contributed by atoms with Crippen LogP contribution >= 0.6 is 0 Å². The highest BCUT2D eigenvalue weighted by Gasteiger charge is 2.36. The first-order valence-corrected chi connectivity index (χ1v) is 6.72. The molecule has 2 N–H and O–H groups in total. The van der Waals surface area contributed by atoms with Crippen molar-refractivity contribution < 1.29 is 8.78 Å². The molecule has 0 aliphatic heterocycles. The average Bonchev–Trinajstić information content (AvgIpc) is 2.35. The van der Waals surface area contributed by atoms with E-state index in [1.807, 2.05) is 0 Å². The first-order chi connectivity index (χ1) is 8.48. The van der Waals surface area contributed by atoms with Gasteiger partial charge in [0.25, 0.3) is 0 Å². The molecule has 1 fully saturated rings. The Morgan fingerprint density at radius 3 is 2.72 bits per heavy atom. The Balaban J connectivity index is 2.38. The van der Waals surface area contributed by atoms with E-state index in [0.717, 1.165) is 32.1 Å². The molecule has 1 aromatic rings. The topological polar surface area (TPSA) is 26.0 Å². The molecule has 1 aromatic carbocycles. The van der Waals surface area contributed by atoms with Crippen molar-refractivity contribution in [3.8, 4) is 0 Å². The minimum Gasteiger partial charge on any atom is -0.321 e. The van der Waals surface area contributed by atoms with Crippen LogP contribution in [-0.2, 0) is 5.54 Å². The Labute approximate surface area is 107 Å². The minimum atomic E-state index is -0.755. The highest BCUT2D eigenvalue weighted by molar-refractivity contribution is 5.31. The van der Waals surface area contributed by atoms with E-state index in [-0.39, 0.29) is 0 Å². The summed E-state index contributed by atoms with van der Waals surface area (Å²) in [5.41, 5.74) is 6.35. The molecule has 3 heteroatoms. The molecule has 0 amide bonds. The molecule has 0 heterocycles. The highest BCUT2D eigenvalue weighted by Crippen LogP contribution is 2.40. The van der Waals surface area contributed by atoms with Crippen molar-refractivity contribution in [2.24, 2.45) is 11.7 Å². The lowest BCUT2D eigenvalue weighted by Gasteiger charge is -2.38. The van der Waals surface area contributed by atoms with E-state index in [9.17, 15) is 8.78 Å². The van der Waals surface area contributed by atoms with E-state index in [1.54, 1.807) is 19.1 Å². The average molecular weight is 253 g/mol. The van der Waals surface area contributed by atoms with Crippen LogP contribution in [0.3, 0.4) is 0 Å². The second-order valence-electron chi connectivity index (χ2n) is 5.58. The molecule has 18 heavy (non-hydrogen) atoms. The number of halogens is 2. The number of benzene rings is 1. The Kier molecular flexibility index (Phi) is 3.71. The molecule has 0 saturated heterocycles. The molecular formula is C15H21F2N. The molecule has 0 aromatic heterocycles. The Hall–Kier alpha value is -0.960. The zero-order valence-electron chi connectivity index (χ0n) is 11.1. The second kappa shape index (κ2) is 4.96. The number of hydrogen-bond acceptors (Lipinski definition) is 1. The molecule has 1 aliphatic carbocycles. The van der Waals surface area contributed by atoms with Gasteiger partial charge < -0.3 is 5.73 Å². The maximum atomic E-state index is 14.1. The summed E-state index contributed by atoms with van der Waals surface area (Å²) in [6, 6.07) is 3.28. The molecule has 0 radical (unpaired) electrons. The summed E-state index contributed by atoms with van der Waals surface area (Å²) in [6.45, 7) is 3.70. The summed E-state index contributed by atoms with van der Waals surface area (Å²) < 4.78 is 27.7. The Morgan fingerprint density at radius 1 is 1.33 bits per heavy atom. The predicted octanol–water partition coefficient (Wildman–Crippen LogP) is 4.03. The lowest BCUT2D eigenvalue weighted by Crippen LogP contribution is -2.42. The van der Waals surface area contributed by atoms with Crippen molar-refractivity contribution >= 4 is 0 Å². The second-order valence-corrected chi connectivity index (χ2v) is 5.58. The van der Waals surface area contributed by atoms with Gasteiger partial charge in [-0.2, -0.15) is 0 Å². The molecular weight excluding hydrogens is 232 g/mol. The van der Waals surface area contributed by atoms with Crippen molar-refractivity contribution in [3.05, 3.63) is 34.9 Å². The molecule has 0 bridgehead atoms. The van der Waals surface area contributed by atoms with Gasteiger partial charge >= 0.3 is 0 Å². The van der Waals surface area contributed by atoms with Gasteiger partial charge in [-0.1, -0.05) is 38.3 Å². The van der Waals surface area contributed by atoms with Crippen molar-refractivity contribution in [1.29, 1.82) is 0 Å². The molecule has 1 nitrogen and oxygen atoms in total. The fourth-order valence-electron chi connectivity index (χ4n) is 3.05. The van der Waals surface area contributed by atoms with Gasteiger partial charge in [-0.3, -0.25) is 0 Å². The fraction of sp³-hybridized carbons (Fsp3) is 0.600. The van der Waals surface area contributed by atoms with Crippen LogP contribution in [0.1, 0.15) is 50.2 Å². The Morgan fingerprint density at radius 2 is 2.06 bits per heavy atom. The molecule has 100 valence electrons. The summed E-state index contributed by atoms with van der Waals surface area (Å²) in [5, 5.41) is 0. The first-order valence-electron chi connectivity index (χ1n) is 6.72. The van der Waals surface area contributed by atoms with E-state index in [4.69, 9.17) is 5.73 Å². The SMILES string of the molecule is CCC1CCCC(N)(c2ccc(C)c(F)c2F)C1. The molecule has 2 atom stereocenters. The van der Waals surface area contributed by atoms with Crippen molar-refractivity contribution in [1.82, 2.24) is 0 Å². The zero-order valence-corrected chi connectivity index (χ0v) is 11.1. The monoisotopic (exact) mass is 253 g/mol. The van der Waals surface area contributed by atoms with Crippen LogP contribution in [0.15, 0.2) is 12.1 Å². The minimum absolute atomic E-state index is 0.336. The van der Waals surface area contributed by atoms with Crippen LogP contribution in [0.2, 0.25) is 0 Å². The van der Waals surface area contributed by atoms with Crippen molar-refractivity contribution in [2.75, 3.05) is 0 Å². The third-order valence-electron chi connectivity index (χ3n) is 4.28. The number of nitrogens with two attached hydrogens (primary N) is 1. The number of aryl methyl sites for hydroxylation is 1. The predicted molar refractivity (Wildman–Crippen MR) is 69.2 cm³/mol. The molecule has 0 spiro atoms. The van der Waals surface area contributed by atoms with E-state index in [0.29, 0.717) is 17.0 Å². The summed E-state index contributed by atoms with van der Waals surface area (Å²) in [4.78, 5) is 0. The van der Waals surface area contributed by atoms with Gasteiger partial charge in [0.05, 0.1) is 0 Å². The molecule has 1 saturated carbocycles. The highest BCUT2D eigenvalue weighted by atomic mass is 19.2. The standard InChI is InChI=1S/C15H21F2N/c1-3-11-5-4-8-15(18,9-11)12-7-6-10(2)13(16)14(12)17/h6-7,11H,3-5,8-9,18H2,1-2H3. The van der Waals surface area contributed by atoms with Crippen LogP contribution in [0, 0.1) is 24.5 Å². The number of hydrogen-bond donors (Lipinski definition) is 1. The van der Waals surface area contributed by atoms with Gasteiger partial charge in [-0.15, -0.1) is 0 Å². The van der Waals surface area contributed by atoms with E-state index < -0.39 is 17.2 Å². The van der Waals surface area contributed by atoms with Crippen LogP contribution in [0.5, 0.6) is 0 Å². The van der Waals surface area contributed by atoms with Crippen LogP contribution in [0.25, 0.3) is 0 Å². The maximum Gasteiger partial charge on any atom is 0.164 e. The van der Waals surface area contributed by atoms with Crippen molar-refractivity contribution in [2.45, 2.75) is 51.5 Å². The first kappa shape index (κ1) is 13.5. The fourth-order valence-corrected chi connectivity index (χ4v) is 3.05. The molecule has 2 rings (SSSR count). The maximum absolute atomic E-state index is 14.1. The quantitative estimate of drug-likeness (QED) is 0.846. The van der Waals surface area contributed by atoms with Gasteiger partial charge in [0.1, 0.15) is 0 Å². The lowest BCUT2D eigenvalue weighted by molar-refractivity contribution is 0.214. The van der Waals surface area contributed by atoms with Gasteiger partial charge in [0.2, 0.25) is 0 Å². The zero-order chi connectivity index (χ0) is 13.3. The third-order valence-corrected chi connectivity index (χ3v) is 4.28. The van der Waals surface area contributed by atoms with E-state index >= 15 is 0 Å². The molecule has 2 unspecified atom stereocenters. The van der Waals surface area contributed by atoms with Crippen LogP contribution in [-0.4, -0.2) is 0 Å². The van der Waals surface area contributed by atoms with E-state index in [1.165, 1.54) is 0 Å². The summed E-state index contributed by atoms with van der Waals surface area (Å²) >= 11 is 0. The van der Waals surface area contributed by atoms with Gasteiger partial charge in [-0.05, 0) is 31.2 Å². The third kappa shape index (κ3) is 2.28. The number of rotatable bonds is 2. The Bertz CT molecular complexity index is 444. The van der Waals surface area contributed by atoms with Crippen molar-refractivity contribution in [3.63, 3.8) is 0 Å². The van der Waals surface area contributed by atoms with Crippen LogP contribution < -0.4 is 5.73 Å². The summed E-state index contributed by atoms with van der Waals surface area (Å²) in [7, 11) is 0. The molecule has 1 aliphatic rings. The van der Waals surface area contributed by atoms with Gasteiger partial charge in [-0.25, -0.2) is 8.78 Å².